The molecule has 11 heavy (non-hydrogen) atoms. The standard InChI is InChI=1S/C9H4O2/c10-6-2-1-5-7-3-4-8(11-7)9(5)6/h1-4H. The lowest BCUT2D eigenvalue weighted by Crippen LogP contribution is -1.88. The lowest BCUT2D eigenvalue weighted by Gasteiger charge is -1.85. The van der Waals surface area contributed by atoms with E-state index in [2.05, 4.69) is 0 Å². The Morgan fingerprint density at radius 3 is 2.73 bits per heavy atom. The monoisotopic (exact) mass is 144 g/mol. The summed E-state index contributed by atoms with van der Waals surface area (Å²) in [5, 5.41) is 0. The number of hydrogen-bond acceptors (Lipinski definition) is 2. The number of benzene rings is 1. The molecule has 0 aromatic carbocycles. The molecule has 2 heteroatoms. The molecule has 0 N–H and O–H groups in total. The van der Waals surface area contributed by atoms with Crippen molar-refractivity contribution in [2.24, 2.45) is 0 Å². The SMILES string of the molecule is O=C1C=Cc2c1c1ccc2o1. The zero-order valence-corrected chi connectivity index (χ0v) is 5.63. The predicted octanol–water partition coefficient (Wildman–Crippen LogP) is 2.08. The van der Waals surface area contributed by atoms with Gasteiger partial charge in [-0.25, -0.2) is 0 Å². The van der Waals surface area contributed by atoms with Crippen molar-refractivity contribution in [3.05, 3.63) is 29.3 Å². The number of allylic oxidation sites excluding steroid dienone is 1. The highest BCUT2D eigenvalue weighted by molar-refractivity contribution is 6.20. The molecule has 1 aliphatic rings. The zero-order chi connectivity index (χ0) is 7.42. The second kappa shape index (κ2) is 1.37. The molecule has 0 radical (unpaired) electrons. The maximum absolute atomic E-state index is 11.2. The molecular weight excluding hydrogens is 140 g/mol. The Morgan fingerprint density at radius 1 is 1.09 bits per heavy atom. The highest BCUT2D eigenvalue weighted by Gasteiger charge is 2.23. The number of fused-ring (bicyclic) bond motifs is 5. The Kier molecular flexibility index (Phi) is 0.639. The molecule has 0 fully saturated rings. The third-order valence-electron chi connectivity index (χ3n) is 2.03. The summed E-state index contributed by atoms with van der Waals surface area (Å²) in [5.41, 5.74) is 3.22. The van der Waals surface area contributed by atoms with Gasteiger partial charge in [0, 0.05) is 5.56 Å². The molecule has 0 saturated heterocycles. The van der Waals surface area contributed by atoms with E-state index >= 15 is 0 Å². The van der Waals surface area contributed by atoms with E-state index in [1.54, 1.807) is 6.08 Å². The van der Waals surface area contributed by atoms with E-state index in [0.29, 0.717) is 5.58 Å². The van der Waals surface area contributed by atoms with Gasteiger partial charge in [0.05, 0.1) is 5.56 Å². The molecule has 0 spiro atoms. The van der Waals surface area contributed by atoms with Crippen molar-refractivity contribution in [3.8, 4) is 0 Å². The minimum absolute atomic E-state index is 0.0642. The number of hydrogen-bond donors (Lipinski definition) is 0. The molecule has 1 aliphatic carbocycles. The van der Waals surface area contributed by atoms with Gasteiger partial charge in [-0.15, -0.1) is 0 Å². The Balaban J connectivity index is 2.59. The fraction of sp³-hybridized carbons (Fsp3) is 0. The van der Waals surface area contributed by atoms with E-state index in [-0.39, 0.29) is 5.78 Å². The second-order valence-electron chi connectivity index (χ2n) is 2.65. The van der Waals surface area contributed by atoms with E-state index in [0.717, 1.165) is 16.7 Å². The Bertz CT molecular complexity index is 462. The molecular formula is C9H4O2. The van der Waals surface area contributed by atoms with Crippen LogP contribution in [0.15, 0.2) is 22.6 Å². The fourth-order valence-electron chi connectivity index (χ4n) is 1.53. The normalized spacial score (nSPS) is 15.1. The largest absolute Gasteiger partial charge is 0.456 e. The molecule has 0 atom stereocenters. The molecule has 0 unspecified atom stereocenters. The van der Waals surface area contributed by atoms with Crippen LogP contribution in [-0.2, 0) is 0 Å². The van der Waals surface area contributed by atoms with Crippen LogP contribution in [0.3, 0.4) is 0 Å². The molecule has 0 amide bonds. The summed E-state index contributed by atoms with van der Waals surface area (Å²) >= 11 is 0. The van der Waals surface area contributed by atoms with E-state index < -0.39 is 0 Å². The predicted molar refractivity (Wildman–Crippen MR) is 40.8 cm³/mol. The topological polar surface area (TPSA) is 30.2 Å². The third-order valence-corrected chi connectivity index (χ3v) is 2.03. The van der Waals surface area contributed by atoms with Gasteiger partial charge in [0.2, 0.25) is 0 Å². The molecule has 2 aromatic heterocycles. The van der Waals surface area contributed by atoms with Crippen LogP contribution in [0.1, 0.15) is 15.9 Å². The zero-order valence-electron chi connectivity index (χ0n) is 5.63. The second-order valence-corrected chi connectivity index (χ2v) is 2.65. The van der Waals surface area contributed by atoms with E-state index in [1.807, 2.05) is 18.2 Å². The number of carbonyl (C=O) groups is 1. The first-order valence-electron chi connectivity index (χ1n) is 3.43. The van der Waals surface area contributed by atoms with Gasteiger partial charge in [-0.05, 0) is 24.3 Å². The highest BCUT2D eigenvalue weighted by Crippen LogP contribution is 2.33. The smallest absolute Gasteiger partial charge is 0.190 e. The van der Waals surface area contributed by atoms with Crippen molar-refractivity contribution < 1.29 is 9.21 Å². The van der Waals surface area contributed by atoms with Crippen molar-refractivity contribution in [2.75, 3.05) is 0 Å². The summed E-state index contributed by atoms with van der Waals surface area (Å²) in [7, 11) is 0. The van der Waals surface area contributed by atoms with E-state index in [9.17, 15) is 4.79 Å². The van der Waals surface area contributed by atoms with Crippen molar-refractivity contribution in [2.45, 2.75) is 0 Å². The lowest BCUT2D eigenvalue weighted by molar-refractivity contribution is 0.105. The molecule has 0 aliphatic heterocycles. The maximum Gasteiger partial charge on any atom is 0.190 e. The van der Waals surface area contributed by atoms with Crippen LogP contribution >= 0.6 is 0 Å². The average molecular weight is 144 g/mol. The quantitative estimate of drug-likeness (QED) is 0.566. The Morgan fingerprint density at radius 2 is 1.91 bits per heavy atom. The number of carbonyl (C=O) groups excluding carboxylic acids is 1. The van der Waals surface area contributed by atoms with Crippen LogP contribution in [0.4, 0.5) is 0 Å². The van der Waals surface area contributed by atoms with Crippen molar-refractivity contribution in [3.63, 3.8) is 0 Å². The summed E-state index contributed by atoms with van der Waals surface area (Å²) in [6.07, 6.45) is 3.39. The maximum atomic E-state index is 11.2. The first-order chi connectivity index (χ1) is 5.36. The summed E-state index contributed by atoms with van der Waals surface area (Å²) in [4.78, 5) is 11.2. The van der Waals surface area contributed by atoms with E-state index in [1.165, 1.54) is 0 Å². The van der Waals surface area contributed by atoms with Crippen LogP contribution in [-0.4, -0.2) is 5.78 Å². The molecule has 2 heterocycles. The summed E-state index contributed by atoms with van der Waals surface area (Å²) in [6.45, 7) is 0. The van der Waals surface area contributed by atoms with Crippen molar-refractivity contribution in [1.82, 2.24) is 0 Å². The first kappa shape index (κ1) is 5.13. The summed E-state index contributed by atoms with van der Waals surface area (Å²) in [5.74, 6) is 0.0642. The van der Waals surface area contributed by atoms with Gasteiger partial charge in [-0.2, -0.15) is 0 Å². The molecule has 2 bridgehead atoms. The molecule has 52 valence electrons. The van der Waals surface area contributed by atoms with Gasteiger partial charge >= 0.3 is 0 Å². The lowest BCUT2D eigenvalue weighted by atomic mass is 10.1. The summed E-state index contributed by atoms with van der Waals surface area (Å²) in [6, 6.07) is 3.72. The number of furan rings is 2. The van der Waals surface area contributed by atoms with Gasteiger partial charge in [-0.3, -0.25) is 4.79 Å². The van der Waals surface area contributed by atoms with Gasteiger partial charge < -0.3 is 4.42 Å². The molecule has 3 rings (SSSR count). The molecule has 2 nitrogen and oxygen atoms in total. The minimum atomic E-state index is 0.0642. The summed E-state index contributed by atoms with van der Waals surface area (Å²) < 4.78 is 5.29. The van der Waals surface area contributed by atoms with Crippen molar-refractivity contribution in [1.29, 1.82) is 0 Å². The van der Waals surface area contributed by atoms with Crippen LogP contribution in [0, 0.1) is 0 Å². The average Bonchev–Trinajstić information content (AvgIpc) is 2.60. The molecule has 2 aromatic rings. The minimum Gasteiger partial charge on any atom is -0.456 e. The number of ketones is 1. The van der Waals surface area contributed by atoms with Crippen LogP contribution in [0.2, 0.25) is 0 Å². The first-order valence-corrected chi connectivity index (χ1v) is 3.43. The van der Waals surface area contributed by atoms with Crippen LogP contribution in [0.25, 0.3) is 17.2 Å². The van der Waals surface area contributed by atoms with E-state index in [4.69, 9.17) is 4.42 Å². The molecule has 0 saturated carbocycles. The van der Waals surface area contributed by atoms with Gasteiger partial charge in [0.25, 0.3) is 0 Å². The Hall–Kier alpha value is -1.57. The van der Waals surface area contributed by atoms with Crippen LogP contribution in [0.5, 0.6) is 0 Å². The van der Waals surface area contributed by atoms with Gasteiger partial charge in [0.1, 0.15) is 11.2 Å². The highest BCUT2D eigenvalue weighted by atomic mass is 16.3. The van der Waals surface area contributed by atoms with Gasteiger partial charge in [0.15, 0.2) is 5.78 Å². The van der Waals surface area contributed by atoms with Crippen molar-refractivity contribution >= 4 is 23.0 Å². The van der Waals surface area contributed by atoms with Crippen LogP contribution < -0.4 is 0 Å². The number of rotatable bonds is 0. The Labute approximate surface area is 62.4 Å². The fourth-order valence-corrected chi connectivity index (χ4v) is 1.53. The van der Waals surface area contributed by atoms with Gasteiger partial charge in [-0.1, -0.05) is 0 Å². The third kappa shape index (κ3) is 0.431.